The Hall–Kier alpha value is 0.920. The lowest BCUT2D eigenvalue weighted by Gasteiger charge is -2.11. The normalized spacial score (nSPS) is 14.9. The van der Waals surface area contributed by atoms with E-state index in [-0.39, 0.29) is 0 Å². The van der Waals surface area contributed by atoms with Crippen LogP contribution in [-0.2, 0) is 11.8 Å². The zero-order valence-electron chi connectivity index (χ0n) is 6.86. The van der Waals surface area contributed by atoms with Gasteiger partial charge in [0.15, 0.2) is 0 Å². The summed E-state index contributed by atoms with van der Waals surface area (Å²) in [5, 5.41) is 0. The van der Waals surface area contributed by atoms with Gasteiger partial charge >= 0.3 is 0 Å². The molecule has 0 spiro atoms. The summed E-state index contributed by atoms with van der Waals surface area (Å²) in [5.41, 5.74) is -2.99. The maximum absolute atomic E-state index is 8.88. The van der Waals surface area contributed by atoms with Crippen LogP contribution in [0.1, 0.15) is 26.7 Å². The Balaban J connectivity index is 3.46. The van der Waals surface area contributed by atoms with Crippen LogP contribution in [0.15, 0.2) is 0 Å². The highest BCUT2D eigenvalue weighted by Gasteiger charge is 2.10. The van der Waals surface area contributed by atoms with E-state index in [4.69, 9.17) is 9.79 Å². The minimum atomic E-state index is -2.99. The molecule has 0 aromatic carbocycles. The van der Waals surface area contributed by atoms with Gasteiger partial charge in [-0.05, 0) is 17.7 Å². The molecule has 0 rings (SSSR count). The second-order valence-electron chi connectivity index (χ2n) is 2.68. The van der Waals surface area contributed by atoms with Crippen molar-refractivity contribution in [2.24, 2.45) is 5.92 Å². The SMILES string of the molecule is CCCC(C)CSP(O)(O)=S. The molecule has 0 saturated carbocycles. The van der Waals surface area contributed by atoms with Crippen molar-refractivity contribution in [2.75, 3.05) is 5.75 Å². The minimum Gasteiger partial charge on any atom is -0.338 e. The second kappa shape index (κ2) is 5.55. The third-order valence-corrected chi connectivity index (χ3v) is 4.77. The van der Waals surface area contributed by atoms with Crippen molar-refractivity contribution in [3.63, 3.8) is 0 Å². The van der Waals surface area contributed by atoms with Crippen LogP contribution in [0, 0.1) is 5.92 Å². The summed E-state index contributed by atoms with van der Waals surface area (Å²) < 4.78 is 0. The highest BCUT2D eigenvalue weighted by atomic mass is 32.9. The Morgan fingerprint density at radius 3 is 2.45 bits per heavy atom. The van der Waals surface area contributed by atoms with Crippen molar-refractivity contribution in [3.8, 4) is 0 Å². The van der Waals surface area contributed by atoms with E-state index in [0.717, 1.165) is 30.0 Å². The van der Waals surface area contributed by atoms with E-state index < -0.39 is 5.69 Å². The molecule has 0 aromatic heterocycles. The van der Waals surface area contributed by atoms with Crippen molar-refractivity contribution in [1.29, 1.82) is 0 Å². The van der Waals surface area contributed by atoms with Crippen LogP contribution in [0.25, 0.3) is 0 Å². The van der Waals surface area contributed by atoms with E-state index in [9.17, 15) is 0 Å². The van der Waals surface area contributed by atoms with Gasteiger partial charge in [-0.1, -0.05) is 38.1 Å². The van der Waals surface area contributed by atoms with Gasteiger partial charge in [0.2, 0.25) is 5.69 Å². The van der Waals surface area contributed by atoms with E-state index >= 15 is 0 Å². The zero-order valence-corrected chi connectivity index (χ0v) is 9.38. The summed E-state index contributed by atoms with van der Waals surface area (Å²) >= 11 is 5.59. The topological polar surface area (TPSA) is 40.5 Å². The number of hydrogen-bond donors (Lipinski definition) is 2. The molecule has 2 nitrogen and oxygen atoms in total. The summed E-state index contributed by atoms with van der Waals surface area (Å²) in [5.74, 6) is 1.30. The van der Waals surface area contributed by atoms with Crippen LogP contribution in [-0.4, -0.2) is 15.5 Å². The fourth-order valence-electron chi connectivity index (χ4n) is 0.800. The Kier molecular flexibility index (Phi) is 6.01. The van der Waals surface area contributed by atoms with Gasteiger partial charge in [-0.25, -0.2) is 0 Å². The molecule has 11 heavy (non-hydrogen) atoms. The van der Waals surface area contributed by atoms with Gasteiger partial charge in [0, 0.05) is 5.75 Å². The molecule has 68 valence electrons. The van der Waals surface area contributed by atoms with Crippen LogP contribution < -0.4 is 0 Å². The molecular weight excluding hydrogens is 199 g/mol. The standard InChI is InChI=1S/C6H15O2PS2/c1-3-4-6(2)5-11-9(7,8)10/h6H,3-5H2,1-2H3,(H2,7,8,10). The third kappa shape index (κ3) is 8.83. The van der Waals surface area contributed by atoms with Crippen LogP contribution in [0.3, 0.4) is 0 Å². The first kappa shape index (κ1) is 11.9. The first-order valence-electron chi connectivity index (χ1n) is 3.65. The molecule has 0 amide bonds. The quantitative estimate of drug-likeness (QED) is 0.689. The summed E-state index contributed by atoms with van der Waals surface area (Å²) in [6.45, 7) is 4.22. The van der Waals surface area contributed by atoms with Crippen LogP contribution in [0.5, 0.6) is 0 Å². The van der Waals surface area contributed by atoms with Gasteiger partial charge in [-0.2, -0.15) is 0 Å². The molecule has 2 N–H and O–H groups in total. The maximum atomic E-state index is 8.88. The number of hydrogen-bond acceptors (Lipinski definition) is 2. The van der Waals surface area contributed by atoms with E-state index in [1.165, 1.54) is 0 Å². The van der Waals surface area contributed by atoms with Gasteiger partial charge < -0.3 is 9.79 Å². The predicted molar refractivity (Wildman–Crippen MR) is 55.3 cm³/mol. The minimum absolute atomic E-state index is 0.534. The highest BCUT2D eigenvalue weighted by Crippen LogP contribution is 2.51. The van der Waals surface area contributed by atoms with Crippen LogP contribution in [0.4, 0.5) is 0 Å². The lowest BCUT2D eigenvalue weighted by molar-refractivity contribution is 0.501. The Bertz CT molecular complexity index is 146. The average Bonchev–Trinajstić information content (AvgIpc) is 1.83. The average molecular weight is 214 g/mol. The Labute approximate surface area is 77.3 Å². The summed E-state index contributed by atoms with van der Waals surface area (Å²) in [6, 6.07) is 0. The van der Waals surface area contributed by atoms with Gasteiger partial charge in [0.05, 0.1) is 0 Å². The van der Waals surface area contributed by atoms with Gasteiger partial charge in [0.25, 0.3) is 0 Å². The lowest BCUT2D eigenvalue weighted by atomic mass is 10.1. The molecule has 0 bridgehead atoms. The van der Waals surface area contributed by atoms with Gasteiger partial charge in [0.1, 0.15) is 0 Å². The molecule has 0 aromatic rings. The van der Waals surface area contributed by atoms with Crippen molar-refractivity contribution < 1.29 is 9.79 Å². The monoisotopic (exact) mass is 214 g/mol. The van der Waals surface area contributed by atoms with Crippen molar-refractivity contribution in [1.82, 2.24) is 0 Å². The van der Waals surface area contributed by atoms with E-state index in [0.29, 0.717) is 5.92 Å². The highest BCUT2D eigenvalue weighted by molar-refractivity contribution is 8.67. The van der Waals surface area contributed by atoms with Gasteiger partial charge in [-0.3, -0.25) is 0 Å². The van der Waals surface area contributed by atoms with E-state index in [1.807, 2.05) is 0 Å². The fraction of sp³-hybridized carbons (Fsp3) is 1.00. The number of rotatable bonds is 5. The smallest absolute Gasteiger partial charge is 0.242 e. The summed E-state index contributed by atoms with van der Waals surface area (Å²) in [6.07, 6.45) is 2.27. The molecule has 0 aliphatic rings. The molecule has 5 heteroatoms. The van der Waals surface area contributed by atoms with Crippen LogP contribution >= 0.6 is 17.1 Å². The maximum Gasteiger partial charge on any atom is 0.242 e. The van der Waals surface area contributed by atoms with Crippen molar-refractivity contribution in [2.45, 2.75) is 26.7 Å². The van der Waals surface area contributed by atoms with Crippen molar-refractivity contribution >= 4 is 28.9 Å². The zero-order chi connectivity index (χ0) is 8.91. The molecule has 0 saturated heterocycles. The fourth-order valence-corrected chi connectivity index (χ4v) is 3.31. The molecule has 0 aliphatic carbocycles. The lowest BCUT2D eigenvalue weighted by Crippen LogP contribution is -1.96. The molecule has 0 radical (unpaired) electrons. The molecule has 0 aliphatic heterocycles. The summed E-state index contributed by atoms with van der Waals surface area (Å²) in [7, 11) is 0. The van der Waals surface area contributed by atoms with Gasteiger partial charge in [-0.15, -0.1) is 0 Å². The van der Waals surface area contributed by atoms with Crippen molar-refractivity contribution in [3.05, 3.63) is 0 Å². The van der Waals surface area contributed by atoms with E-state index in [2.05, 4.69) is 25.7 Å². The molecule has 0 fully saturated rings. The first-order chi connectivity index (χ1) is 4.95. The first-order valence-corrected chi connectivity index (χ1v) is 7.95. The third-order valence-electron chi connectivity index (χ3n) is 1.31. The van der Waals surface area contributed by atoms with E-state index in [1.54, 1.807) is 0 Å². The van der Waals surface area contributed by atoms with Crippen LogP contribution in [0.2, 0.25) is 0 Å². The summed E-state index contributed by atoms with van der Waals surface area (Å²) in [4.78, 5) is 17.8. The molecule has 1 atom stereocenters. The Morgan fingerprint density at radius 2 is 2.09 bits per heavy atom. The largest absolute Gasteiger partial charge is 0.338 e. The second-order valence-corrected chi connectivity index (χ2v) is 8.78. The molecule has 0 heterocycles. The Morgan fingerprint density at radius 1 is 1.55 bits per heavy atom. The molecule has 1 unspecified atom stereocenters. The predicted octanol–water partition coefficient (Wildman–Crippen LogP) is 2.36. The molecular formula is C6H15O2PS2.